The number of ether oxygens (including phenoxy) is 2. The van der Waals surface area contributed by atoms with Crippen LogP contribution in [-0.2, 0) is 20.7 Å². The van der Waals surface area contributed by atoms with E-state index in [-0.39, 0.29) is 6.42 Å². The van der Waals surface area contributed by atoms with Crippen LogP contribution in [0.25, 0.3) is 0 Å². The van der Waals surface area contributed by atoms with Crippen LogP contribution in [0.2, 0.25) is 0 Å². The molecule has 0 atom stereocenters. The molecular weight excluding hydrogens is 324 g/mol. The van der Waals surface area contributed by atoms with E-state index in [1.165, 1.54) is 7.11 Å². The molecule has 0 unspecified atom stereocenters. The third kappa shape index (κ3) is 5.65. The van der Waals surface area contributed by atoms with Gasteiger partial charge < -0.3 is 9.47 Å². The third-order valence-corrected chi connectivity index (χ3v) is 3.24. The number of esters is 1. The van der Waals surface area contributed by atoms with Gasteiger partial charge in [-0.05, 0) is 18.2 Å². The van der Waals surface area contributed by atoms with Crippen LogP contribution in [0.5, 0.6) is 5.75 Å². The standard InChI is InChI=1S/C18H18N2O5/c1-24-15-10-6-5-9-14(15)11-17(22)25-12-16(21)19-20-18(23)13-7-3-2-4-8-13/h2-10H,11-12H2,1H3,(H,19,21)(H,20,23). The van der Waals surface area contributed by atoms with Gasteiger partial charge in [0.1, 0.15) is 5.75 Å². The van der Waals surface area contributed by atoms with E-state index in [1.807, 2.05) is 0 Å². The summed E-state index contributed by atoms with van der Waals surface area (Å²) < 4.78 is 10.0. The van der Waals surface area contributed by atoms with Gasteiger partial charge in [0.15, 0.2) is 6.61 Å². The van der Waals surface area contributed by atoms with Crippen molar-refractivity contribution in [3.05, 3.63) is 65.7 Å². The van der Waals surface area contributed by atoms with Crippen molar-refractivity contribution in [1.82, 2.24) is 10.9 Å². The molecule has 0 radical (unpaired) electrons. The fraction of sp³-hybridized carbons (Fsp3) is 0.167. The van der Waals surface area contributed by atoms with E-state index >= 15 is 0 Å². The Labute approximate surface area is 144 Å². The Morgan fingerprint density at radius 2 is 1.60 bits per heavy atom. The van der Waals surface area contributed by atoms with Gasteiger partial charge in [0, 0.05) is 11.1 Å². The van der Waals surface area contributed by atoms with Gasteiger partial charge in [-0.1, -0.05) is 36.4 Å². The first-order chi connectivity index (χ1) is 12.1. The summed E-state index contributed by atoms with van der Waals surface area (Å²) in [7, 11) is 1.51. The van der Waals surface area contributed by atoms with E-state index in [2.05, 4.69) is 10.9 Å². The van der Waals surface area contributed by atoms with E-state index in [1.54, 1.807) is 54.6 Å². The van der Waals surface area contributed by atoms with E-state index in [4.69, 9.17) is 9.47 Å². The van der Waals surface area contributed by atoms with Crippen molar-refractivity contribution in [3.63, 3.8) is 0 Å². The number of carbonyl (C=O) groups excluding carboxylic acids is 3. The number of amides is 2. The van der Waals surface area contributed by atoms with Crippen LogP contribution < -0.4 is 15.6 Å². The molecule has 0 saturated carbocycles. The Morgan fingerprint density at radius 3 is 2.32 bits per heavy atom. The molecule has 0 heterocycles. The van der Waals surface area contributed by atoms with Gasteiger partial charge in [-0.25, -0.2) is 0 Å². The highest BCUT2D eigenvalue weighted by molar-refractivity contribution is 5.95. The lowest BCUT2D eigenvalue weighted by Gasteiger charge is -2.09. The first-order valence-corrected chi connectivity index (χ1v) is 7.52. The average molecular weight is 342 g/mol. The number of hydrazine groups is 1. The van der Waals surface area contributed by atoms with E-state index in [0.717, 1.165) is 0 Å². The zero-order chi connectivity index (χ0) is 18.1. The van der Waals surface area contributed by atoms with Gasteiger partial charge in [0.05, 0.1) is 13.5 Å². The normalized spacial score (nSPS) is 9.80. The van der Waals surface area contributed by atoms with Gasteiger partial charge >= 0.3 is 5.97 Å². The van der Waals surface area contributed by atoms with E-state index in [9.17, 15) is 14.4 Å². The summed E-state index contributed by atoms with van der Waals surface area (Å²) in [5.74, 6) is -1.11. The summed E-state index contributed by atoms with van der Waals surface area (Å²) in [5.41, 5.74) is 5.48. The highest BCUT2D eigenvalue weighted by Gasteiger charge is 2.12. The van der Waals surface area contributed by atoms with Crippen molar-refractivity contribution in [3.8, 4) is 5.75 Å². The lowest BCUT2D eigenvalue weighted by Crippen LogP contribution is -2.43. The van der Waals surface area contributed by atoms with Crippen LogP contribution >= 0.6 is 0 Å². The minimum Gasteiger partial charge on any atom is -0.496 e. The SMILES string of the molecule is COc1ccccc1CC(=O)OCC(=O)NNC(=O)c1ccccc1. The number of carbonyl (C=O) groups is 3. The average Bonchev–Trinajstić information content (AvgIpc) is 2.65. The molecule has 0 spiro atoms. The molecular formula is C18H18N2O5. The topological polar surface area (TPSA) is 93.7 Å². The van der Waals surface area contributed by atoms with Crippen LogP contribution in [0.4, 0.5) is 0 Å². The van der Waals surface area contributed by atoms with Crippen molar-refractivity contribution in [2.24, 2.45) is 0 Å². The molecule has 0 fully saturated rings. The largest absolute Gasteiger partial charge is 0.496 e. The second-order valence-corrected chi connectivity index (χ2v) is 5.02. The number of para-hydroxylation sites is 1. The molecule has 2 amide bonds. The lowest BCUT2D eigenvalue weighted by molar-refractivity contribution is -0.148. The van der Waals surface area contributed by atoms with Gasteiger partial charge in [0.25, 0.3) is 11.8 Å². The Kier molecular flexibility index (Phi) is 6.53. The van der Waals surface area contributed by atoms with Crippen LogP contribution in [-0.4, -0.2) is 31.5 Å². The highest BCUT2D eigenvalue weighted by Crippen LogP contribution is 2.17. The number of benzene rings is 2. The molecule has 2 rings (SSSR count). The van der Waals surface area contributed by atoms with Crippen molar-refractivity contribution in [2.75, 3.05) is 13.7 Å². The quantitative estimate of drug-likeness (QED) is 0.608. The lowest BCUT2D eigenvalue weighted by atomic mass is 10.1. The molecule has 2 aromatic rings. The predicted molar refractivity (Wildman–Crippen MR) is 89.7 cm³/mol. The number of nitrogens with one attached hydrogen (secondary N) is 2. The number of methoxy groups -OCH3 is 1. The van der Waals surface area contributed by atoms with Crippen LogP contribution in [0, 0.1) is 0 Å². The van der Waals surface area contributed by atoms with Crippen molar-refractivity contribution >= 4 is 17.8 Å². The highest BCUT2D eigenvalue weighted by atomic mass is 16.5. The molecule has 25 heavy (non-hydrogen) atoms. The fourth-order valence-corrected chi connectivity index (χ4v) is 2.03. The van der Waals surface area contributed by atoms with Crippen LogP contribution in [0.3, 0.4) is 0 Å². The molecule has 7 heteroatoms. The van der Waals surface area contributed by atoms with Gasteiger partial charge in [0.2, 0.25) is 0 Å². The Balaban J connectivity index is 1.74. The first-order valence-electron chi connectivity index (χ1n) is 7.52. The van der Waals surface area contributed by atoms with Crippen LogP contribution in [0.1, 0.15) is 15.9 Å². The molecule has 2 aromatic carbocycles. The maximum absolute atomic E-state index is 11.8. The zero-order valence-electron chi connectivity index (χ0n) is 13.7. The molecule has 130 valence electrons. The van der Waals surface area contributed by atoms with Crippen molar-refractivity contribution < 1.29 is 23.9 Å². The molecule has 2 N–H and O–H groups in total. The molecule has 0 aliphatic carbocycles. The first kappa shape index (κ1) is 18.0. The molecule has 7 nitrogen and oxygen atoms in total. The second-order valence-electron chi connectivity index (χ2n) is 5.02. The summed E-state index contributed by atoms with van der Waals surface area (Å²) in [6, 6.07) is 15.4. The smallest absolute Gasteiger partial charge is 0.310 e. The number of hydrogen-bond acceptors (Lipinski definition) is 5. The fourth-order valence-electron chi connectivity index (χ4n) is 2.03. The maximum atomic E-state index is 11.8. The predicted octanol–water partition coefficient (Wildman–Crippen LogP) is 1.24. The van der Waals surface area contributed by atoms with Crippen molar-refractivity contribution in [1.29, 1.82) is 0 Å². The molecule has 0 aliphatic heterocycles. The number of rotatable bonds is 6. The van der Waals surface area contributed by atoms with Gasteiger partial charge in [-0.3, -0.25) is 25.2 Å². The minimum atomic E-state index is -0.641. The Bertz CT molecular complexity index is 746. The van der Waals surface area contributed by atoms with E-state index < -0.39 is 24.4 Å². The molecule has 0 saturated heterocycles. The Hall–Kier alpha value is -3.35. The van der Waals surface area contributed by atoms with Gasteiger partial charge in [-0.2, -0.15) is 0 Å². The van der Waals surface area contributed by atoms with Crippen molar-refractivity contribution in [2.45, 2.75) is 6.42 Å². The zero-order valence-corrected chi connectivity index (χ0v) is 13.7. The minimum absolute atomic E-state index is 0.0202. The van der Waals surface area contributed by atoms with E-state index in [0.29, 0.717) is 16.9 Å². The summed E-state index contributed by atoms with van der Waals surface area (Å²) in [4.78, 5) is 35.2. The summed E-state index contributed by atoms with van der Waals surface area (Å²) >= 11 is 0. The number of hydrogen-bond donors (Lipinski definition) is 2. The third-order valence-electron chi connectivity index (χ3n) is 3.24. The molecule has 0 aromatic heterocycles. The molecule has 0 bridgehead atoms. The van der Waals surface area contributed by atoms with Gasteiger partial charge in [-0.15, -0.1) is 0 Å². The molecule has 0 aliphatic rings. The second kappa shape index (κ2) is 9.07. The summed E-state index contributed by atoms with van der Waals surface area (Å²) in [5, 5.41) is 0. The summed E-state index contributed by atoms with van der Waals surface area (Å²) in [6.45, 7) is -0.497. The van der Waals surface area contributed by atoms with Crippen LogP contribution in [0.15, 0.2) is 54.6 Å². The maximum Gasteiger partial charge on any atom is 0.310 e. The monoisotopic (exact) mass is 342 g/mol. The summed E-state index contributed by atoms with van der Waals surface area (Å²) in [6.07, 6.45) is -0.0202. The Morgan fingerprint density at radius 1 is 0.920 bits per heavy atom.